The van der Waals surface area contributed by atoms with Crippen LogP contribution in [0.4, 0.5) is 0 Å². The fourth-order valence-corrected chi connectivity index (χ4v) is 1.54. The maximum absolute atomic E-state index is 5.57. The summed E-state index contributed by atoms with van der Waals surface area (Å²) in [6, 6.07) is 0. The van der Waals surface area contributed by atoms with Gasteiger partial charge in [-0.05, 0) is 31.6 Å². The summed E-state index contributed by atoms with van der Waals surface area (Å²) >= 11 is 0. The zero-order valence-electron chi connectivity index (χ0n) is 7.09. The third kappa shape index (κ3) is 2.46. The lowest BCUT2D eigenvalue weighted by Gasteiger charge is -2.13. The molecule has 1 heterocycles. The molecule has 2 heteroatoms. The van der Waals surface area contributed by atoms with E-state index in [1.165, 1.54) is 38.8 Å². The van der Waals surface area contributed by atoms with Crippen molar-refractivity contribution in [2.75, 3.05) is 26.4 Å². The molecule has 11 heavy (non-hydrogen) atoms. The van der Waals surface area contributed by atoms with Gasteiger partial charge in [-0.15, -0.1) is 0 Å². The Bertz CT molecular complexity index is 117. The Labute approximate surface area is 68.5 Å². The summed E-state index contributed by atoms with van der Waals surface area (Å²) in [6.07, 6.45) is 5.54. The zero-order valence-corrected chi connectivity index (χ0v) is 7.09. The molecule has 0 unspecified atom stereocenters. The Kier molecular flexibility index (Phi) is 2.44. The standard InChI is InChI=1S/C9H17NO/c1-2-6-10(5-1)8-11-7-9-3-4-9/h9H,1-8H2. The lowest BCUT2D eigenvalue weighted by molar-refractivity contribution is 0.0359. The molecule has 0 atom stereocenters. The first-order chi connectivity index (χ1) is 5.45. The summed E-state index contributed by atoms with van der Waals surface area (Å²) < 4.78 is 5.57. The molecule has 0 radical (unpaired) electrons. The summed E-state index contributed by atoms with van der Waals surface area (Å²) in [6.45, 7) is 4.41. The first-order valence-electron chi connectivity index (χ1n) is 4.75. The molecule has 1 aliphatic carbocycles. The quantitative estimate of drug-likeness (QED) is 0.609. The van der Waals surface area contributed by atoms with Crippen LogP contribution in [0, 0.1) is 5.92 Å². The Morgan fingerprint density at radius 3 is 2.55 bits per heavy atom. The largest absolute Gasteiger partial charge is 0.366 e. The SMILES string of the molecule is C1CCN(COCC2CC2)C1. The van der Waals surface area contributed by atoms with Gasteiger partial charge in [0.25, 0.3) is 0 Å². The first kappa shape index (κ1) is 7.56. The Morgan fingerprint density at radius 1 is 1.18 bits per heavy atom. The average Bonchev–Trinajstić information content (AvgIpc) is 2.66. The summed E-state index contributed by atoms with van der Waals surface area (Å²) in [5, 5.41) is 0. The molecule has 1 saturated heterocycles. The normalized spacial score (nSPS) is 26.2. The molecule has 1 aliphatic heterocycles. The smallest absolute Gasteiger partial charge is 0.0990 e. The maximum Gasteiger partial charge on any atom is 0.0990 e. The van der Waals surface area contributed by atoms with Gasteiger partial charge >= 0.3 is 0 Å². The fraction of sp³-hybridized carbons (Fsp3) is 1.00. The van der Waals surface area contributed by atoms with Crippen LogP contribution < -0.4 is 0 Å². The second-order valence-corrected chi connectivity index (χ2v) is 3.77. The third-order valence-corrected chi connectivity index (χ3v) is 2.52. The van der Waals surface area contributed by atoms with E-state index in [0.29, 0.717) is 0 Å². The van der Waals surface area contributed by atoms with Gasteiger partial charge in [-0.25, -0.2) is 0 Å². The van der Waals surface area contributed by atoms with E-state index in [4.69, 9.17) is 4.74 Å². The van der Waals surface area contributed by atoms with Crippen LogP contribution in [0.5, 0.6) is 0 Å². The minimum Gasteiger partial charge on any atom is -0.366 e. The summed E-state index contributed by atoms with van der Waals surface area (Å²) in [7, 11) is 0. The zero-order chi connectivity index (χ0) is 7.52. The van der Waals surface area contributed by atoms with Crippen LogP contribution in [0.3, 0.4) is 0 Å². The molecule has 0 bridgehead atoms. The van der Waals surface area contributed by atoms with E-state index in [1.807, 2.05) is 0 Å². The van der Waals surface area contributed by atoms with Gasteiger partial charge in [-0.1, -0.05) is 0 Å². The van der Waals surface area contributed by atoms with Crippen molar-refractivity contribution in [2.24, 2.45) is 5.92 Å². The van der Waals surface area contributed by atoms with Crippen LogP contribution in [-0.4, -0.2) is 31.3 Å². The molecular weight excluding hydrogens is 138 g/mol. The highest BCUT2D eigenvalue weighted by Gasteiger charge is 2.21. The van der Waals surface area contributed by atoms with Gasteiger partial charge in [-0.2, -0.15) is 0 Å². The van der Waals surface area contributed by atoms with Crippen molar-refractivity contribution in [1.29, 1.82) is 0 Å². The van der Waals surface area contributed by atoms with Gasteiger partial charge in [0.1, 0.15) is 0 Å². The van der Waals surface area contributed by atoms with Crippen molar-refractivity contribution in [3.05, 3.63) is 0 Å². The van der Waals surface area contributed by atoms with Crippen LogP contribution in [0.1, 0.15) is 25.7 Å². The Morgan fingerprint density at radius 2 is 1.91 bits per heavy atom. The second-order valence-electron chi connectivity index (χ2n) is 3.77. The van der Waals surface area contributed by atoms with E-state index in [2.05, 4.69) is 4.90 Å². The topological polar surface area (TPSA) is 12.5 Å². The highest BCUT2D eigenvalue weighted by atomic mass is 16.5. The maximum atomic E-state index is 5.57. The number of likely N-dealkylation sites (tertiary alicyclic amines) is 1. The molecule has 0 aromatic carbocycles. The predicted octanol–water partition coefficient (Wildman–Crippen LogP) is 1.47. The first-order valence-corrected chi connectivity index (χ1v) is 4.75. The van der Waals surface area contributed by atoms with Crippen LogP contribution in [0.15, 0.2) is 0 Å². The molecule has 0 amide bonds. The fourth-order valence-electron chi connectivity index (χ4n) is 1.54. The lowest BCUT2D eigenvalue weighted by atomic mass is 10.4. The number of hydrogen-bond acceptors (Lipinski definition) is 2. The van der Waals surface area contributed by atoms with Crippen LogP contribution in [-0.2, 0) is 4.74 Å². The van der Waals surface area contributed by atoms with Gasteiger partial charge < -0.3 is 4.74 Å². The van der Waals surface area contributed by atoms with E-state index >= 15 is 0 Å². The van der Waals surface area contributed by atoms with Gasteiger partial charge in [0, 0.05) is 13.1 Å². The number of rotatable bonds is 4. The van der Waals surface area contributed by atoms with Crippen molar-refractivity contribution in [3.63, 3.8) is 0 Å². The summed E-state index contributed by atoms with van der Waals surface area (Å²) in [4.78, 5) is 2.41. The van der Waals surface area contributed by atoms with Gasteiger partial charge in [0.15, 0.2) is 0 Å². The molecule has 2 fully saturated rings. The summed E-state index contributed by atoms with van der Waals surface area (Å²) in [5.41, 5.74) is 0. The van der Waals surface area contributed by atoms with Gasteiger partial charge in [-0.3, -0.25) is 4.90 Å². The number of hydrogen-bond donors (Lipinski definition) is 0. The highest BCUT2D eigenvalue weighted by molar-refractivity contribution is 4.72. The van der Waals surface area contributed by atoms with Crippen molar-refractivity contribution in [1.82, 2.24) is 4.90 Å². The van der Waals surface area contributed by atoms with Crippen LogP contribution in [0.2, 0.25) is 0 Å². The van der Waals surface area contributed by atoms with Gasteiger partial charge in [0.05, 0.1) is 13.3 Å². The molecule has 2 rings (SSSR count). The average molecular weight is 155 g/mol. The molecule has 0 aromatic heterocycles. The lowest BCUT2D eigenvalue weighted by Crippen LogP contribution is -2.23. The molecule has 0 aromatic rings. The van der Waals surface area contributed by atoms with Crippen molar-refractivity contribution < 1.29 is 4.74 Å². The van der Waals surface area contributed by atoms with Crippen molar-refractivity contribution in [3.8, 4) is 0 Å². The van der Waals surface area contributed by atoms with Crippen LogP contribution >= 0.6 is 0 Å². The summed E-state index contributed by atoms with van der Waals surface area (Å²) in [5.74, 6) is 0.914. The van der Waals surface area contributed by atoms with Crippen LogP contribution in [0.25, 0.3) is 0 Å². The molecule has 64 valence electrons. The van der Waals surface area contributed by atoms with E-state index in [9.17, 15) is 0 Å². The predicted molar refractivity (Wildman–Crippen MR) is 44.4 cm³/mol. The molecular formula is C9H17NO. The number of ether oxygens (including phenoxy) is 1. The van der Waals surface area contributed by atoms with Crippen molar-refractivity contribution >= 4 is 0 Å². The van der Waals surface area contributed by atoms with E-state index < -0.39 is 0 Å². The minimum atomic E-state index is 0.885. The monoisotopic (exact) mass is 155 g/mol. The highest BCUT2D eigenvalue weighted by Crippen LogP contribution is 2.28. The molecule has 0 spiro atoms. The molecule has 2 nitrogen and oxygen atoms in total. The minimum absolute atomic E-state index is 0.885. The molecule has 2 aliphatic rings. The number of nitrogens with zero attached hydrogens (tertiary/aromatic N) is 1. The van der Waals surface area contributed by atoms with E-state index in [-0.39, 0.29) is 0 Å². The van der Waals surface area contributed by atoms with E-state index in [1.54, 1.807) is 0 Å². The molecule has 1 saturated carbocycles. The molecule has 0 N–H and O–H groups in total. The third-order valence-electron chi connectivity index (χ3n) is 2.52. The van der Waals surface area contributed by atoms with Gasteiger partial charge in [0.2, 0.25) is 0 Å². The second kappa shape index (κ2) is 3.55. The Hall–Kier alpha value is -0.0800. The van der Waals surface area contributed by atoms with E-state index in [0.717, 1.165) is 19.3 Å². The Balaban J connectivity index is 1.51. The van der Waals surface area contributed by atoms with Crippen molar-refractivity contribution in [2.45, 2.75) is 25.7 Å².